The van der Waals surface area contributed by atoms with Gasteiger partial charge in [0.2, 0.25) is 0 Å². The molecule has 0 saturated carbocycles. The molecule has 0 unspecified atom stereocenters. The van der Waals surface area contributed by atoms with Crippen molar-refractivity contribution in [3.8, 4) is 5.75 Å². The van der Waals surface area contributed by atoms with Crippen molar-refractivity contribution >= 4 is 0 Å². The first kappa shape index (κ1) is 10.8. The first-order valence-corrected chi connectivity index (χ1v) is 4.60. The third-order valence-corrected chi connectivity index (χ3v) is 2.06. The Morgan fingerprint density at radius 2 is 2.21 bits per heavy atom. The molecule has 1 nitrogen and oxygen atoms in total. The number of benzene rings is 1. The van der Waals surface area contributed by atoms with Crippen LogP contribution < -0.4 is 4.74 Å². The minimum atomic E-state index is -0.299. The van der Waals surface area contributed by atoms with Gasteiger partial charge in [-0.3, -0.25) is 0 Å². The highest BCUT2D eigenvalue weighted by atomic mass is 19.1. The molecule has 0 N–H and O–H groups in total. The van der Waals surface area contributed by atoms with Crippen LogP contribution in [0.25, 0.3) is 0 Å². The van der Waals surface area contributed by atoms with Crippen molar-refractivity contribution < 1.29 is 9.13 Å². The quantitative estimate of drug-likeness (QED) is 0.668. The molecule has 0 bridgehead atoms. The van der Waals surface area contributed by atoms with E-state index in [1.54, 1.807) is 6.07 Å². The molecule has 0 heterocycles. The summed E-state index contributed by atoms with van der Waals surface area (Å²) in [5, 5.41) is 0. The summed E-state index contributed by atoms with van der Waals surface area (Å²) >= 11 is 0. The molecule has 0 fully saturated rings. The summed E-state index contributed by atoms with van der Waals surface area (Å²) in [5.74, 6) is -0.00390. The molecule has 0 saturated heterocycles. The zero-order valence-electron chi connectivity index (χ0n) is 8.64. The summed E-state index contributed by atoms with van der Waals surface area (Å²) in [7, 11) is 1.46. The van der Waals surface area contributed by atoms with Crippen LogP contribution in [-0.2, 0) is 6.42 Å². The molecule has 1 aromatic carbocycles. The summed E-state index contributed by atoms with van der Waals surface area (Å²) in [5.41, 5.74) is 2.09. The van der Waals surface area contributed by atoms with Crippen molar-refractivity contribution in [1.29, 1.82) is 0 Å². The number of allylic oxidation sites excluding steroid dienone is 1. The summed E-state index contributed by atoms with van der Waals surface area (Å²) in [4.78, 5) is 0. The summed E-state index contributed by atoms with van der Waals surface area (Å²) < 4.78 is 18.1. The van der Waals surface area contributed by atoms with Gasteiger partial charge in [-0.1, -0.05) is 11.6 Å². The van der Waals surface area contributed by atoms with Crippen LogP contribution in [0.5, 0.6) is 5.75 Å². The lowest BCUT2D eigenvalue weighted by Gasteiger charge is -2.04. The van der Waals surface area contributed by atoms with E-state index in [0.29, 0.717) is 5.75 Å². The first-order valence-electron chi connectivity index (χ1n) is 4.60. The van der Waals surface area contributed by atoms with E-state index >= 15 is 0 Å². The maximum atomic E-state index is 13.2. The van der Waals surface area contributed by atoms with Gasteiger partial charge in [0.15, 0.2) is 11.6 Å². The maximum Gasteiger partial charge on any atom is 0.165 e. The van der Waals surface area contributed by atoms with Crippen molar-refractivity contribution in [3.63, 3.8) is 0 Å². The standard InChI is InChI=1S/C12H15FO/c1-9(2)4-5-10-6-7-12(14-3)11(13)8-10/h6-8H,1,4-5H2,2-3H3. The monoisotopic (exact) mass is 194 g/mol. The number of rotatable bonds is 4. The normalized spacial score (nSPS) is 9.93. The van der Waals surface area contributed by atoms with Crippen LogP contribution in [0.2, 0.25) is 0 Å². The Balaban J connectivity index is 2.71. The third kappa shape index (κ3) is 2.87. The molecule has 76 valence electrons. The second-order valence-electron chi connectivity index (χ2n) is 3.43. The Labute approximate surface area is 84.2 Å². The highest BCUT2D eigenvalue weighted by Gasteiger charge is 2.02. The van der Waals surface area contributed by atoms with E-state index in [1.165, 1.54) is 13.2 Å². The molecule has 0 aliphatic heterocycles. The lowest BCUT2D eigenvalue weighted by Crippen LogP contribution is -1.91. The van der Waals surface area contributed by atoms with Crippen molar-refractivity contribution in [2.45, 2.75) is 19.8 Å². The van der Waals surface area contributed by atoms with Gasteiger partial charge in [0.05, 0.1) is 7.11 Å². The SMILES string of the molecule is C=C(C)CCc1ccc(OC)c(F)c1. The van der Waals surface area contributed by atoms with Gasteiger partial charge in [-0.05, 0) is 37.5 Å². The molecular formula is C12H15FO. The average molecular weight is 194 g/mol. The van der Waals surface area contributed by atoms with Crippen LogP contribution >= 0.6 is 0 Å². The lowest BCUT2D eigenvalue weighted by atomic mass is 10.1. The Morgan fingerprint density at radius 3 is 2.71 bits per heavy atom. The molecule has 0 aliphatic carbocycles. The van der Waals surface area contributed by atoms with Gasteiger partial charge in [-0.25, -0.2) is 4.39 Å². The van der Waals surface area contributed by atoms with E-state index in [4.69, 9.17) is 4.74 Å². The fourth-order valence-corrected chi connectivity index (χ4v) is 1.22. The van der Waals surface area contributed by atoms with E-state index in [9.17, 15) is 4.39 Å². The van der Waals surface area contributed by atoms with E-state index in [0.717, 1.165) is 24.0 Å². The van der Waals surface area contributed by atoms with Gasteiger partial charge >= 0.3 is 0 Å². The summed E-state index contributed by atoms with van der Waals surface area (Å²) in [6.07, 6.45) is 1.72. The van der Waals surface area contributed by atoms with E-state index in [2.05, 4.69) is 6.58 Å². The van der Waals surface area contributed by atoms with Crippen molar-refractivity contribution in [2.75, 3.05) is 7.11 Å². The second kappa shape index (κ2) is 4.80. The Bertz CT molecular complexity index is 331. The minimum Gasteiger partial charge on any atom is -0.494 e. The molecule has 0 aromatic heterocycles. The van der Waals surface area contributed by atoms with Crippen LogP contribution in [0.3, 0.4) is 0 Å². The lowest BCUT2D eigenvalue weighted by molar-refractivity contribution is 0.386. The topological polar surface area (TPSA) is 9.23 Å². The molecule has 0 amide bonds. The molecule has 0 aliphatic rings. The van der Waals surface area contributed by atoms with E-state index < -0.39 is 0 Å². The number of hydrogen-bond acceptors (Lipinski definition) is 1. The molecule has 1 aromatic rings. The molecule has 0 radical (unpaired) electrons. The van der Waals surface area contributed by atoms with Crippen LogP contribution in [0, 0.1) is 5.82 Å². The van der Waals surface area contributed by atoms with Crippen molar-refractivity contribution in [1.82, 2.24) is 0 Å². The Hall–Kier alpha value is -1.31. The van der Waals surface area contributed by atoms with Gasteiger partial charge in [-0.2, -0.15) is 0 Å². The van der Waals surface area contributed by atoms with Gasteiger partial charge in [0, 0.05) is 0 Å². The van der Waals surface area contributed by atoms with Crippen molar-refractivity contribution in [2.24, 2.45) is 0 Å². The number of aryl methyl sites for hydroxylation is 1. The summed E-state index contributed by atoms with van der Waals surface area (Å²) in [6.45, 7) is 5.78. The Kier molecular flexibility index (Phi) is 3.69. The van der Waals surface area contributed by atoms with Gasteiger partial charge < -0.3 is 4.74 Å². The molecule has 0 spiro atoms. The fourth-order valence-electron chi connectivity index (χ4n) is 1.22. The van der Waals surface area contributed by atoms with Crippen molar-refractivity contribution in [3.05, 3.63) is 41.7 Å². The fraction of sp³-hybridized carbons (Fsp3) is 0.333. The maximum absolute atomic E-state index is 13.2. The molecule has 14 heavy (non-hydrogen) atoms. The number of hydrogen-bond donors (Lipinski definition) is 0. The largest absolute Gasteiger partial charge is 0.494 e. The average Bonchev–Trinajstić information content (AvgIpc) is 2.15. The predicted octanol–water partition coefficient (Wildman–Crippen LogP) is 3.34. The van der Waals surface area contributed by atoms with Gasteiger partial charge in [0.25, 0.3) is 0 Å². The smallest absolute Gasteiger partial charge is 0.165 e. The Morgan fingerprint density at radius 1 is 1.50 bits per heavy atom. The van der Waals surface area contributed by atoms with Gasteiger partial charge in [-0.15, -0.1) is 6.58 Å². The summed E-state index contributed by atoms with van der Waals surface area (Å²) in [6, 6.07) is 5.05. The van der Waals surface area contributed by atoms with Gasteiger partial charge in [0.1, 0.15) is 0 Å². The molecule has 1 rings (SSSR count). The van der Waals surface area contributed by atoms with E-state index in [1.807, 2.05) is 13.0 Å². The molecular weight excluding hydrogens is 179 g/mol. The predicted molar refractivity (Wildman–Crippen MR) is 56.1 cm³/mol. The zero-order valence-corrected chi connectivity index (χ0v) is 8.64. The second-order valence-corrected chi connectivity index (χ2v) is 3.43. The highest BCUT2D eigenvalue weighted by molar-refractivity contribution is 5.29. The van der Waals surface area contributed by atoms with Crippen LogP contribution in [0.15, 0.2) is 30.4 Å². The van der Waals surface area contributed by atoms with Crippen LogP contribution in [0.1, 0.15) is 18.9 Å². The number of methoxy groups -OCH3 is 1. The zero-order chi connectivity index (χ0) is 10.6. The first-order chi connectivity index (χ1) is 6.63. The van der Waals surface area contributed by atoms with Crippen LogP contribution in [-0.4, -0.2) is 7.11 Å². The van der Waals surface area contributed by atoms with E-state index in [-0.39, 0.29) is 5.82 Å². The molecule has 0 atom stereocenters. The molecule has 2 heteroatoms. The number of ether oxygens (including phenoxy) is 1. The minimum absolute atomic E-state index is 0.295. The highest BCUT2D eigenvalue weighted by Crippen LogP contribution is 2.19. The third-order valence-electron chi connectivity index (χ3n) is 2.06. The number of halogens is 1. The van der Waals surface area contributed by atoms with Crippen LogP contribution in [0.4, 0.5) is 4.39 Å².